The second kappa shape index (κ2) is 8.82. The average molecular weight is 543 g/mol. The molecule has 0 aromatic heterocycles. The van der Waals surface area contributed by atoms with Crippen molar-refractivity contribution < 1.29 is 9.47 Å². The van der Waals surface area contributed by atoms with Gasteiger partial charge in [0.25, 0.3) is 6.71 Å². The third kappa shape index (κ3) is 3.42. The Morgan fingerprint density at radius 2 is 1.24 bits per heavy atom. The number of hydrogen-bond acceptors (Lipinski definition) is 4. The van der Waals surface area contributed by atoms with Crippen LogP contribution >= 0.6 is 11.8 Å². The smallest absolute Gasteiger partial charge is 0.260 e. The predicted octanol–water partition coefficient (Wildman–Crippen LogP) is 8.02. The van der Waals surface area contributed by atoms with Crippen molar-refractivity contribution in [1.82, 2.24) is 0 Å². The molecule has 41 heavy (non-hydrogen) atoms. The molecule has 192 valence electrons. The summed E-state index contributed by atoms with van der Waals surface area (Å²) in [6.07, 6.45) is 0. The van der Waals surface area contributed by atoms with Crippen LogP contribution in [0.5, 0.6) is 23.0 Å². The molecule has 0 atom stereocenters. The van der Waals surface area contributed by atoms with Crippen LogP contribution in [-0.4, -0.2) is 6.71 Å². The first kappa shape index (κ1) is 22.9. The van der Waals surface area contributed by atoms with Crippen LogP contribution < -0.4 is 30.8 Å². The Morgan fingerprint density at radius 1 is 0.537 bits per heavy atom. The van der Waals surface area contributed by atoms with E-state index in [-0.39, 0.29) is 6.71 Å². The molecule has 0 bridgehead atoms. The van der Waals surface area contributed by atoms with Crippen molar-refractivity contribution in [2.24, 2.45) is 0 Å². The lowest BCUT2D eigenvalue weighted by Gasteiger charge is -2.34. The topological polar surface area (TPSA) is 21.7 Å². The highest BCUT2D eigenvalue weighted by molar-refractivity contribution is 7.99. The number of benzene rings is 6. The summed E-state index contributed by atoms with van der Waals surface area (Å²) in [5.74, 6) is 3.55. The van der Waals surface area contributed by atoms with E-state index in [9.17, 15) is 0 Å². The third-order valence-electron chi connectivity index (χ3n) is 8.19. The predicted molar refractivity (Wildman–Crippen MR) is 168 cm³/mol. The van der Waals surface area contributed by atoms with Gasteiger partial charge in [-0.15, -0.1) is 0 Å². The van der Waals surface area contributed by atoms with Crippen molar-refractivity contribution >= 4 is 51.9 Å². The Hall–Kier alpha value is -4.87. The summed E-state index contributed by atoms with van der Waals surface area (Å²) < 4.78 is 13.0. The molecule has 6 aromatic carbocycles. The van der Waals surface area contributed by atoms with E-state index in [1.165, 1.54) is 32.1 Å². The number of nitrogens with zero attached hydrogens (tertiary/aromatic N) is 1. The molecule has 5 heteroatoms. The maximum atomic E-state index is 6.72. The van der Waals surface area contributed by atoms with E-state index in [1.54, 1.807) is 0 Å². The summed E-state index contributed by atoms with van der Waals surface area (Å²) in [6.45, 7) is 0.0577. The number of fused-ring (bicyclic) bond motifs is 6. The van der Waals surface area contributed by atoms with Crippen LogP contribution in [-0.2, 0) is 0 Å². The molecule has 0 spiro atoms. The van der Waals surface area contributed by atoms with Crippen molar-refractivity contribution in [3.63, 3.8) is 0 Å². The molecule has 0 N–H and O–H groups in total. The third-order valence-corrected chi connectivity index (χ3v) is 9.30. The zero-order chi connectivity index (χ0) is 26.9. The van der Waals surface area contributed by atoms with Crippen molar-refractivity contribution in [2.75, 3.05) is 4.90 Å². The van der Waals surface area contributed by atoms with Gasteiger partial charge in [-0.2, -0.15) is 0 Å². The lowest BCUT2D eigenvalue weighted by Crippen LogP contribution is -2.57. The van der Waals surface area contributed by atoms with Crippen molar-refractivity contribution in [1.29, 1.82) is 0 Å². The lowest BCUT2D eigenvalue weighted by atomic mass is 9.34. The Bertz CT molecular complexity index is 2010. The van der Waals surface area contributed by atoms with Crippen LogP contribution in [0, 0.1) is 0 Å². The number of anilines is 3. The number of ether oxygens (including phenoxy) is 2. The van der Waals surface area contributed by atoms with Crippen molar-refractivity contribution in [3.05, 3.63) is 133 Å². The first-order chi connectivity index (χ1) is 20.3. The first-order valence-electron chi connectivity index (χ1n) is 13.8. The van der Waals surface area contributed by atoms with E-state index in [0.717, 1.165) is 45.3 Å². The monoisotopic (exact) mass is 543 g/mol. The Labute approximate surface area is 243 Å². The molecule has 0 radical (unpaired) electrons. The van der Waals surface area contributed by atoms with E-state index in [1.807, 2.05) is 30.0 Å². The molecule has 0 saturated carbocycles. The summed E-state index contributed by atoms with van der Waals surface area (Å²) >= 11 is 1.82. The van der Waals surface area contributed by atoms with Crippen LogP contribution in [0.1, 0.15) is 0 Å². The number of hydrogen-bond donors (Lipinski definition) is 0. The van der Waals surface area contributed by atoms with Gasteiger partial charge in [0.05, 0.1) is 11.4 Å². The lowest BCUT2D eigenvalue weighted by molar-refractivity contribution is 0.465. The van der Waals surface area contributed by atoms with Crippen LogP contribution in [0.15, 0.2) is 143 Å². The molecular weight excluding hydrogens is 521 g/mol. The molecule has 3 aliphatic rings. The molecule has 0 amide bonds. The van der Waals surface area contributed by atoms with Crippen molar-refractivity contribution in [2.45, 2.75) is 9.79 Å². The highest BCUT2D eigenvalue weighted by Crippen LogP contribution is 2.52. The molecule has 0 saturated heterocycles. The summed E-state index contributed by atoms with van der Waals surface area (Å²) in [6, 6.07) is 47.0. The van der Waals surface area contributed by atoms with Gasteiger partial charge < -0.3 is 14.4 Å². The first-order valence-corrected chi connectivity index (χ1v) is 14.6. The molecule has 6 aromatic rings. The van der Waals surface area contributed by atoms with Gasteiger partial charge in [-0.1, -0.05) is 90.6 Å². The molecule has 0 fully saturated rings. The fourth-order valence-corrected chi connectivity index (χ4v) is 7.51. The minimum absolute atomic E-state index is 0.0577. The summed E-state index contributed by atoms with van der Waals surface area (Å²) in [4.78, 5) is 4.82. The van der Waals surface area contributed by atoms with Crippen LogP contribution in [0.3, 0.4) is 0 Å². The minimum atomic E-state index is 0.0577. The minimum Gasteiger partial charge on any atom is -0.458 e. The Balaban J connectivity index is 1.21. The fourth-order valence-electron chi connectivity index (χ4n) is 6.41. The largest absolute Gasteiger partial charge is 0.458 e. The highest BCUT2D eigenvalue weighted by Gasteiger charge is 2.40. The van der Waals surface area contributed by atoms with Gasteiger partial charge in [0, 0.05) is 26.5 Å². The maximum absolute atomic E-state index is 6.72. The summed E-state index contributed by atoms with van der Waals surface area (Å²) in [5, 5.41) is 0. The average Bonchev–Trinajstić information content (AvgIpc) is 3.03. The SMILES string of the molecule is c1ccc(N2c3ccccc3Sc3cc(-c4cccc5c4Oc4cccc6c4B5c4ccccc4O6)ccc32)cc1. The number of para-hydroxylation sites is 4. The zero-order valence-electron chi connectivity index (χ0n) is 22.0. The van der Waals surface area contributed by atoms with Gasteiger partial charge in [-0.3, -0.25) is 0 Å². The molecule has 0 aliphatic carbocycles. The Kier molecular flexibility index (Phi) is 4.93. The number of rotatable bonds is 2. The maximum Gasteiger partial charge on any atom is 0.260 e. The standard InChI is InChI=1S/C36H22BNO2S/c1-2-10-24(11-3-1)38-28-15-5-7-19-33(28)41-34-22-23(20-21-29(34)38)25-12-8-14-27-36(25)40-32-18-9-17-31-35(32)37(27)26-13-4-6-16-30(26)39-31/h1-22H. The second-order valence-corrected chi connectivity index (χ2v) is 11.6. The normalized spacial score (nSPS) is 13.6. The van der Waals surface area contributed by atoms with Gasteiger partial charge in [-0.25, -0.2) is 0 Å². The van der Waals surface area contributed by atoms with E-state index in [4.69, 9.17) is 9.47 Å². The van der Waals surface area contributed by atoms with Gasteiger partial charge in [0.2, 0.25) is 0 Å². The molecule has 3 heterocycles. The van der Waals surface area contributed by atoms with Gasteiger partial charge >= 0.3 is 0 Å². The molecule has 0 unspecified atom stereocenters. The second-order valence-electron chi connectivity index (χ2n) is 10.5. The Morgan fingerprint density at radius 3 is 2.17 bits per heavy atom. The van der Waals surface area contributed by atoms with E-state index in [2.05, 4.69) is 120 Å². The van der Waals surface area contributed by atoms with E-state index < -0.39 is 0 Å². The highest BCUT2D eigenvalue weighted by atomic mass is 32.2. The van der Waals surface area contributed by atoms with Crippen LogP contribution in [0.4, 0.5) is 17.1 Å². The fraction of sp³-hybridized carbons (Fsp3) is 0. The molecule has 3 nitrogen and oxygen atoms in total. The van der Waals surface area contributed by atoms with Crippen LogP contribution in [0.2, 0.25) is 0 Å². The van der Waals surface area contributed by atoms with E-state index in [0.29, 0.717) is 0 Å². The van der Waals surface area contributed by atoms with Crippen molar-refractivity contribution in [3.8, 4) is 34.1 Å². The van der Waals surface area contributed by atoms with Gasteiger partial charge in [0.15, 0.2) is 0 Å². The van der Waals surface area contributed by atoms with Crippen LogP contribution in [0.25, 0.3) is 11.1 Å². The van der Waals surface area contributed by atoms with E-state index >= 15 is 0 Å². The quantitative estimate of drug-likeness (QED) is 0.206. The van der Waals surface area contributed by atoms with Gasteiger partial charge in [0.1, 0.15) is 23.0 Å². The van der Waals surface area contributed by atoms with Gasteiger partial charge in [-0.05, 0) is 71.1 Å². The molecular formula is C36H22BNO2S. The summed E-state index contributed by atoms with van der Waals surface area (Å²) in [7, 11) is 0. The molecule has 3 aliphatic heterocycles. The zero-order valence-corrected chi connectivity index (χ0v) is 22.8. The summed E-state index contributed by atoms with van der Waals surface area (Å²) in [5.41, 5.74) is 9.21. The molecule has 9 rings (SSSR count).